The number of carbonyl (C=O) groups is 1. The highest BCUT2D eigenvalue weighted by molar-refractivity contribution is 5.98. The minimum Gasteiger partial charge on any atom is -0.496 e. The van der Waals surface area contributed by atoms with Crippen molar-refractivity contribution in [2.75, 3.05) is 20.2 Å². The molecule has 7 heteroatoms. The van der Waals surface area contributed by atoms with E-state index in [0.717, 1.165) is 35.4 Å². The summed E-state index contributed by atoms with van der Waals surface area (Å²) in [5, 5.41) is 0.690. The number of fused-ring (bicyclic) bond motifs is 1. The van der Waals surface area contributed by atoms with E-state index in [-0.39, 0.29) is 17.6 Å². The van der Waals surface area contributed by atoms with Crippen LogP contribution < -0.4 is 4.74 Å². The standard InChI is InChI=1S/C25H24FN3O3/c1-31-23-7-3-2-5-16(23)12-20-14-27-24(32-20)17-6-4-10-29(15-17)25(30)22-13-18-11-19(26)8-9-21(18)28-22/h2-3,5,7-9,11,13-14,17,28H,4,6,10,12,15H2,1H3/t17-/m0/s1. The summed E-state index contributed by atoms with van der Waals surface area (Å²) in [7, 11) is 1.65. The molecule has 1 saturated heterocycles. The highest BCUT2D eigenvalue weighted by Gasteiger charge is 2.29. The number of halogens is 1. The lowest BCUT2D eigenvalue weighted by molar-refractivity contribution is 0.0693. The molecule has 4 aromatic rings. The molecule has 0 bridgehead atoms. The third-order valence-electron chi connectivity index (χ3n) is 6.00. The molecule has 5 rings (SSSR count). The van der Waals surface area contributed by atoms with E-state index in [9.17, 15) is 9.18 Å². The molecule has 1 amide bonds. The average molecular weight is 433 g/mol. The van der Waals surface area contributed by atoms with Crippen LogP contribution in [0.1, 0.15) is 46.5 Å². The molecule has 164 valence electrons. The van der Waals surface area contributed by atoms with E-state index in [1.54, 1.807) is 25.4 Å². The van der Waals surface area contributed by atoms with Gasteiger partial charge in [-0.3, -0.25) is 4.79 Å². The van der Waals surface area contributed by atoms with Gasteiger partial charge in [0, 0.05) is 36.0 Å². The summed E-state index contributed by atoms with van der Waals surface area (Å²) in [5.74, 6) is 1.88. The zero-order valence-electron chi connectivity index (χ0n) is 17.8. The fourth-order valence-electron chi connectivity index (χ4n) is 4.38. The third kappa shape index (κ3) is 3.98. The number of piperidine rings is 1. The van der Waals surface area contributed by atoms with Crippen molar-refractivity contribution in [2.24, 2.45) is 0 Å². The van der Waals surface area contributed by atoms with Crippen molar-refractivity contribution in [3.8, 4) is 5.75 Å². The number of H-pyrrole nitrogens is 1. The number of nitrogens with one attached hydrogen (secondary N) is 1. The van der Waals surface area contributed by atoms with Crippen LogP contribution in [0, 0.1) is 5.82 Å². The number of likely N-dealkylation sites (tertiary alicyclic amines) is 1. The Balaban J connectivity index is 1.30. The second-order valence-corrected chi connectivity index (χ2v) is 8.16. The number of para-hydroxylation sites is 1. The van der Waals surface area contributed by atoms with Crippen LogP contribution in [0.4, 0.5) is 4.39 Å². The fraction of sp³-hybridized carbons (Fsp3) is 0.280. The van der Waals surface area contributed by atoms with E-state index in [1.165, 1.54) is 12.1 Å². The van der Waals surface area contributed by atoms with Crippen LogP contribution in [0.3, 0.4) is 0 Å². The second kappa shape index (κ2) is 8.49. The second-order valence-electron chi connectivity index (χ2n) is 8.16. The Morgan fingerprint density at radius 2 is 2.16 bits per heavy atom. The van der Waals surface area contributed by atoms with Crippen molar-refractivity contribution in [1.29, 1.82) is 0 Å². The number of rotatable bonds is 5. The van der Waals surface area contributed by atoms with Gasteiger partial charge in [0.2, 0.25) is 0 Å². The maximum Gasteiger partial charge on any atom is 0.270 e. The quantitative estimate of drug-likeness (QED) is 0.485. The predicted molar refractivity (Wildman–Crippen MR) is 118 cm³/mol. The number of carbonyl (C=O) groups excluding carboxylic acids is 1. The summed E-state index contributed by atoms with van der Waals surface area (Å²) in [4.78, 5) is 22.5. The van der Waals surface area contributed by atoms with E-state index in [0.29, 0.717) is 36.5 Å². The number of benzene rings is 2. The number of aromatic amines is 1. The Kier molecular flexibility index (Phi) is 5.39. The van der Waals surface area contributed by atoms with Crippen molar-refractivity contribution in [3.05, 3.63) is 83.5 Å². The van der Waals surface area contributed by atoms with Crippen LogP contribution in [-0.4, -0.2) is 41.0 Å². The predicted octanol–water partition coefficient (Wildman–Crippen LogP) is 4.91. The van der Waals surface area contributed by atoms with Gasteiger partial charge >= 0.3 is 0 Å². The number of nitrogens with zero attached hydrogens (tertiary/aromatic N) is 2. The number of methoxy groups -OCH3 is 1. The lowest BCUT2D eigenvalue weighted by Gasteiger charge is -2.31. The van der Waals surface area contributed by atoms with Crippen molar-refractivity contribution in [1.82, 2.24) is 14.9 Å². The SMILES string of the molecule is COc1ccccc1Cc1cnc([C@H]2CCCN(C(=O)c3cc4cc(F)ccc4[nH]3)C2)o1. The van der Waals surface area contributed by atoms with E-state index < -0.39 is 0 Å². The smallest absolute Gasteiger partial charge is 0.270 e. The molecule has 3 heterocycles. The Bertz CT molecular complexity index is 1260. The molecule has 6 nitrogen and oxygen atoms in total. The number of hydrogen-bond donors (Lipinski definition) is 1. The molecule has 0 unspecified atom stereocenters. The lowest BCUT2D eigenvalue weighted by atomic mass is 9.97. The van der Waals surface area contributed by atoms with Gasteiger partial charge in [-0.05, 0) is 43.2 Å². The number of amides is 1. The zero-order valence-corrected chi connectivity index (χ0v) is 17.8. The molecule has 0 spiro atoms. The Hall–Kier alpha value is -3.61. The van der Waals surface area contributed by atoms with Gasteiger partial charge in [-0.15, -0.1) is 0 Å². The van der Waals surface area contributed by atoms with Crippen LogP contribution >= 0.6 is 0 Å². The summed E-state index contributed by atoms with van der Waals surface area (Å²) in [5.41, 5.74) is 2.25. The molecular formula is C25H24FN3O3. The number of ether oxygens (including phenoxy) is 1. The molecule has 1 aliphatic rings. The molecule has 0 aliphatic carbocycles. The molecule has 1 aliphatic heterocycles. The first kappa shape index (κ1) is 20.3. The Labute approximate surface area is 185 Å². The van der Waals surface area contributed by atoms with Gasteiger partial charge in [-0.25, -0.2) is 9.37 Å². The first-order valence-electron chi connectivity index (χ1n) is 10.7. The molecule has 1 fully saturated rings. The van der Waals surface area contributed by atoms with Crippen molar-refractivity contribution < 1.29 is 18.3 Å². The van der Waals surface area contributed by atoms with Crippen molar-refractivity contribution in [3.63, 3.8) is 0 Å². The molecule has 2 aromatic carbocycles. The van der Waals surface area contributed by atoms with Crippen LogP contribution in [0.15, 0.2) is 59.1 Å². The minimum atomic E-state index is -0.318. The molecular weight excluding hydrogens is 409 g/mol. The van der Waals surface area contributed by atoms with E-state index >= 15 is 0 Å². The molecule has 1 atom stereocenters. The summed E-state index contributed by atoms with van der Waals surface area (Å²) in [6.07, 6.45) is 4.14. The van der Waals surface area contributed by atoms with Crippen molar-refractivity contribution in [2.45, 2.75) is 25.2 Å². The van der Waals surface area contributed by atoms with Gasteiger partial charge in [0.15, 0.2) is 5.89 Å². The number of oxazole rings is 1. The van der Waals surface area contributed by atoms with E-state index in [2.05, 4.69) is 9.97 Å². The molecule has 1 N–H and O–H groups in total. The van der Waals surface area contributed by atoms with E-state index in [4.69, 9.17) is 9.15 Å². The number of hydrogen-bond acceptors (Lipinski definition) is 4. The summed E-state index contributed by atoms with van der Waals surface area (Å²) in [6, 6.07) is 14.0. The van der Waals surface area contributed by atoms with Crippen LogP contribution in [-0.2, 0) is 6.42 Å². The highest BCUT2D eigenvalue weighted by Crippen LogP contribution is 2.29. The Morgan fingerprint density at radius 1 is 1.28 bits per heavy atom. The first-order valence-corrected chi connectivity index (χ1v) is 10.7. The largest absolute Gasteiger partial charge is 0.496 e. The highest BCUT2D eigenvalue weighted by atomic mass is 19.1. The van der Waals surface area contributed by atoms with Gasteiger partial charge < -0.3 is 19.0 Å². The van der Waals surface area contributed by atoms with Gasteiger partial charge in [-0.2, -0.15) is 0 Å². The maximum absolute atomic E-state index is 13.5. The zero-order chi connectivity index (χ0) is 22.1. The molecule has 0 saturated carbocycles. The lowest BCUT2D eigenvalue weighted by Crippen LogP contribution is -2.39. The van der Waals surface area contributed by atoms with Crippen molar-refractivity contribution >= 4 is 16.8 Å². The third-order valence-corrected chi connectivity index (χ3v) is 6.00. The fourth-order valence-corrected chi connectivity index (χ4v) is 4.38. The monoisotopic (exact) mass is 433 g/mol. The Morgan fingerprint density at radius 3 is 3.03 bits per heavy atom. The van der Waals surface area contributed by atoms with Gasteiger partial charge in [0.1, 0.15) is 23.0 Å². The van der Waals surface area contributed by atoms with Crippen LogP contribution in [0.2, 0.25) is 0 Å². The summed E-state index contributed by atoms with van der Waals surface area (Å²) >= 11 is 0. The molecule has 0 radical (unpaired) electrons. The van der Waals surface area contributed by atoms with Gasteiger partial charge in [-0.1, -0.05) is 18.2 Å². The van der Waals surface area contributed by atoms with Crippen LogP contribution in [0.5, 0.6) is 5.75 Å². The number of aromatic nitrogens is 2. The molecule has 32 heavy (non-hydrogen) atoms. The molecule has 2 aromatic heterocycles. The minimum absolute atomic E-state index is 0.0425. The summed E-state index contributed by atoms with van der Waals surface area (Å²) < 4.78 is 25.0. The van der Waals surface area contributed by atoms with Crippen LogP contribution in [0.25, 0.3) is 10.9 Å². The normalized spacial score (nSPS) is 16.4. The first-order chi connectivity index (χ1) is 15.6. The summed E-state index contributed by atoms with van der Waals surface area (Å²) in [6.45, 7) is 1.21. The average Bonchev–Trinajstić information content (AvgIpc) is 3.46. The van der Waals surface area contributed by atoms with E-state index in [1.807, 2.05) is 29.2 Å². The van der Waals surface area contributed by atoms with Gasteiger partial charge in [0.05, 0.1) is 19.2 Å². The topological polar surface area (TPSA) is 71.4 Å². The maximum atomic E-state index is 13.5. The van der Waals surface area contributed by atoms with Gasteiger partial charge in [0.25, 0.3) is 5.91 Å².